The van der Waals surface area contributed by atoms with Crippen LogP contribution in [0.1, 0.15) is 23.3 Å². The predicted molar refractivity (Wildman–Crippen MR) is 78.7 cm³/mol. The lowest BCUT2D eigenvalue weighted by Gasteiger charge is -2.24. The summed E-state index contributed by atoms with van der Waals surface area (Å²) in [6.07, 6.45) is 2.38. The highest BCUT2D eigenvalue weighted by Crippen LogP contribution is 2.26. The Morgan fingerprint density at radius 1 is 1.29 bits per heavy atom. The molecule has 2 atom stereocenters. The SMILES string of the molecule is O=C(c1cc2cc(F)ccc2[nH]1)N1C[C@H]2CCCN[C@H]2C1. The van der Waals surface area contributed by atoms with Crippen LogP contribution in [0.25, 0.3) is 10.9 Å². The van der Waals surface area contributed by atoms with Crippen LogP contribution >= 0.6 is 0 Å². The van der Waals surface area contributed by atoms with Gasteiger partial charge < -0.3 is 15.2 Å². The monoisotopic (exact) mass is 287 g/mol. The van der Waals surface area contributed by atoms with Crippen LogP contribution < -0.4 is 5.32 Å². The highest BCUT2D eigenvalue weighted by Gasteiger charge is 2.36. The normalized spacial score (nSPS) is 25.3. The third kappa shape index (κ3) is 2.21. The first kappa shape index (κ1) is 12.8. The molecule has 3 heterocycles. The molecule has 0 spiro atoms. The molecule has 5 heteroatoms. The molecule has 0 bridgehead atoms. The molecule has 1 amide bonds. The summed E-state index contributed by atoms with van der Waals surface area (Å²) in [6, 6.07) is 6.71. The van der Waals surface area contributed by atoms with Crippen molar-refractivity contribution in [3.8, 4) is 0 Å². The first-order valence-corrected chi connectivity index (χ1v) is 7.51. The topological polar surface area (TPSA) is 48.1 Å². The average molecular weight is 287 g/mol. The van der Waals surface area contributed by atoms with Gasteiger partial charge in [0.25, 0.3) is 5.91 Å². The molecular formula is C16H18FN3O. The first-order chi connectivity index (χ1) is 10.2. The summed E-state index contributed by atoms with van der Waals surface area (Å²) in [4.78, 5) is 17.6. The number of carbonyl (C=O) groups is 1. The van der Waals surface area contributed by atoms with Crippen molar-refractivity contribution in [1.29, 1.82) is 0 Å². The quantitative estimate of drug-likeness (QED) is 0.844. The second-order valence-electron chi connectivity index (χ2n) is 6.09. The van der Waals surface area contributed by atoms with Gasteiger partial charge in [-0.2, -0.15) is 0 Å². The number of likely N-dealkylation sites (tertiary alicyclic amines) is 1. The fraction of sp³-hybridized carbons (Fsp3) is 0.438. The zero-order chi connectivity index (χ0) is 14.4. The second-order valence-corrected chi connectivity index (χ2v) is 6.09. The van der Waals surface area contributed by atoms with Gasteiger partial charge in [-0.15, -0.1) is 0 Å². The Bertz CT molecular complexity index is 682. The van der Waals surface area contributed by atoms with Gasteiger partial charge in [-0.25, -0.2) is 4.39 Å². The number of benzene rings is 1. The molecule has 0 aliphatic carbocycles. The van der Waals surface area contributed by atoms with Crippen LogP contribution in [0.5, 0.6) is 0 Å². The van der Waals surface area contributed by atoms with E-state index in [9.17, 15) is 9.18 Å². The van der Waals surface area contributed by atoms with E-state index in [4.69, 9.17) is 0 Å². The van der Waals surface area contributed by atoms with Crippen molar-refractivity contribution in [2.75, 3.05) is 19.6 Å². The van der Waals surface area contributed by atoms with E-state index in [0.717, 1.165) is 30.5 Å². The molecule has 1 aromatic carbocycles. The molecule has 0 saturated carbocycles. The van der Waals surface area contributed by atoms with Crippen molar-refractivity contribution in [2.24, 2.45) is 5.92 Å². The summed E-state index contributed by atoms with van der Waals surface area (Å²) >= 11 is 0. The predicted octanol–water partition coefficient (Wildman–Crippen LogP) is 2.13. The van der Waals surface area contributed by atoms with Crippen molar-refractivity contribution in [3.63, 3.8) is 0 Å². The minimum atomic E-state index is -0.281. The molecule has 21 heavy (non-hydrogen) atoms. The molecule has 110 valence electrons. The van der Waals surface area contributed by atoms with Crippen LogP contribution in [-0.4, -0.2) is 41.5 Å². The minimum Gasteiger partial charge on any atom is -0.351 e. The number of hydrogen-bond acceptors (Lipinski definition) is 2. The van der Waals surface area contributed by atoms with Crippen molar-refractivity contribution in [3.05, 3.63) is 35.8 Å². The van der Waals surface area contributed by atoms with Gasteiger partial charge in [0.05, 0.1) is 0 Å². The number of aromatic nitrogens is 1. The van der Waals surface area contributed by atoms with Crippen LogP contribution in [0.3, 0.4) is 0 Å². The standard InChI is InChI=1S/C16H18FN3O/c17-12-3-4-13-11(6-12)7-14(19-13)16(21)20-8-10-2-1-5-18-15(10)9-20/h3-4,6-7,10,15,18-19H,1-2,5,8-9H2/t10-,15+/m1/s1. The van der Waals surface area contributed by atoms with Gasteiger partial charge in [-0.3, -0.25) is 4.79 Å². The molecule has 2 aromatic rings. The van der Waals surface area contributed by atoms with E-state index in [0.29, 0.717) is 17.7 Å². The van der Waals surface area contributed by atoms with Gasteiger partial charge in [0, 0.05) is 30.0 Å². The molecular weight excluding hydrogens is 269 g/mol. The molecule has 2 saturated heterocycles. The molecule has 0 radical (unpaired) electrons. The zero-order valence-corrected chi connectivity index (χ0v) is 11.7. The summed E-state index contributed by atoms with van der Waals surface area (Å²) < 4.78 is 13.2. The van der Waals surface area contributed by atoms with E-state index in [1.165, 1.54) is 25.0 Å². The summed E-state index contributed by atoms with van der Waals surface area (Å²) in [7, 11) is 0. The van der Waals surface area contributed by atoms with E-state index in [-0.39, 0.29) is 11.7 Å². The van der Waals surface area contributed by atoms with Crippen molar-refractivity contribution in [2.45, 2.75) is 18.9 Å². The number of amides is 1. The van der Waals surface area contributed by atoms with E-state index in [2.05, 4.69) is 10.3 Å². The van der Waals surface area contributed by atoms with Crippen molar-refractivity contribution < 1.29 is 9.18 Å². The van der Waals surface area contributed by atoms with Crippen LogP contribution in [0, 0.1) is 11.7 Å². The Morgan fingerprint density at radius 3 is 3.05 bits per heavy atom. The number of hydrogen-bond donors (Lipinski definition) is 2. The summed E-state index contributed by atoms with van der Waals surface area (Å²) in [5.74, 6) is 0.309. The van der Waals surface area contributed by atoms with Crippen LogP contribution in [0.15, 0.2) is 24.3 Å². The lowest BCUT2D eigenvalue weighted by Crippen LogP contribution is -2.41. The van der Waals surface area contributed by atoms with Crippen molar-refractivity contribution >= 4 is 16.8 Å². The van der Waals surface area contributed by atoms with E-state index >= 15 is 0 Å². The molecule has 2 N–H and O–H groups in total. The zero-order valence-electron chi connectivity index (χ0n) is 11.7. The molecule has 4 nitrogen and oxygen atoms in total. The third-order valence-electron chi connectivity index (χ3n) is 4.70. The highest BCUT2D eigenvalue weighted by atomic mass is 19.1. The number of fused-ring (bicyclic) bond motifs is 2. The molecule has 1 aromatic heterocycles. The maximum absolute atomic E-state index is 13.2. The average Bonchev–Trinajstić information content (AvgIpc) is 3.09. The Morgan fingerprint density at radius 2 is 2.19 bits per heavy atom. The number of rotatable bonds is 1. The number of piperidine rings is 1. The Labute approximate surface area is 122 Å². The lowest BCUT2D eigenvalue weighted by atomic mass is 9.94. The van der Waals surface area contributed by atoms with Gasteiger partial charge in [0.2, 0.25) is 0 Å². The molecule has 4 rings (SSSR count). The molecule has 2 fully saturated rings. The second kappa shape index (κ2) is 4.84. The van der Waals surface area contributed by atoms with Gasteiger partial charge in [-0.1, -0.05) is 0 Å². The summed E-state index contributed by atoms with van der Waals surface area (Å²) in [5.41, 5.74) is 1.35. The maximum atomic E-state index is 13.2. The Kier molecular flexibility index (Phi) is 2.96. The van der Waals surface area contributed by atoms with E-state index in [1.54, 1.807) is 12.1 Å². The van der Waals surface area contributed by atoms with Crippen LogP contribution in [-0.2, 0) is 0 Å². The Hall–Kier alpha value is -1.88. The fourth-order valence-electron chi connectivity index (χ4n) is 3.60. The smallest absolute Gasteiger partial charge is 0.270 e. The van der Waals surface area contributed by atoms with Crippen LogP contribution in [0.2, 0.25) is 0 Å². The van der Waals surface area contributed by atoms with Crippen LogP contribution in [0.4, 0.5) is 4.39 Å². The summed E-state index contributed by atoms with van der Waals surface area (Å²) in [6.45, 7) is 2.64. The number of carbonyl (C=O) groups excluding carboxylic acids is 1. The fourth-order valence-corrected chi connectivity index (χ4v) is 3.60. The number of nitrogens with one attached hydrogen (secondary N) is 2. The largest absolute Gasteiger partial charge is 0.351 e. The van der Waals surface area contributed by atoms with Gasteiger partial charge >= 0.3 is 0 Å². The Balaban J connectivity index is 1.58. The number of halogens is 1. The minimum absolute atomic E-state index is 0.0165. The number of H-pyrrole nitrogens is 1. The molecule has 2 aliphatic rings. The van der Waals surface area contributed by atoms with E-state index in [1.807, 2.05) is 4.90 Å². The highest BCUT2D eigenvalue weighted by molar-refractivity contribution is 5.98. The first-order valence-electron chi connectivity index (χ1n) is 7.51. The van der Waals surface area contributed by atoms with Gasteiger partial charge in [0.15, 0.2) is 0 Å². The lowest BCUT2D eigenvalue weighted by molar-refractivity contribution is 0.0781. The van der Waals surface area contributed by atoms with Gasteiger partial charge in [-0.05, 0) is 49.6 Å². The number of aromatic amines is 1. The van der Waals surface area contributed by atoms with Crippen molar-refractivity contribution in [1.82, 2.24) is 15.2 Å². The molecule has 0 unspecified atom stereocenters. The van der Waals surface area contributed by atoms with Gasteiger partial charge in [0.1, 0.15) is 11.5 Å². The molecule has 2 aliphatic heterocycles. The van der Waals surface area contributed by atoms with E-state index < -0.39 is 0 Å². The maximum Gasteiger partial charge on any atom is 0.270 e. The third-order valence-corrected chi connectivity index (χ3v) is 4.70. The summed E-state index contributed by atoms with van der Waals surface area (Å²) in [5, 5.41) is 4.24. The number of nitrogens with zero attached hydrogens (tertiary/aromatic N) is 1.